The third kappa shape index (κ3) is 2.87. The van der Waals surface area contributed by atoms with Gasteiger partial charge in [0.1, 0.15) is 0 Å². The number of ether oxygens (including phenoxy) is 2. The lowest BCUT2D eigenvalue weighted by molar-refractivity contribution is -0.144. The minimum Gasteiger partial charge on any atom is -0.466 e. The summed E-state index contributed by atoms with van der Waals surface area (Å²) in [4.78, 5) is 38.5. The average Bonchev–Trinajstić information content (AvgIpc) is 2.66. The third-order valence-corrected chi connectivity index (χ3v) is 4.24. The molecule has 0 saturated heterocycles. The molecule has 2 aliphatic heterocycles. The monoisotopic (exact) mass is 339 g/mol. The van der Waals surface area contributed by atoms with Crippen molar-refractivity contribution in [3.63, 3.8) is 0 Å². The summed E-state index contributed by atoms with van der Waals surface area (Å²) in [7, 11) is 2.45. The zero-order valence-electron chi connectivity index (χ0n) is 13.8. The lowest BCUT2D eigenvalue weighted by atomic mass is 9.79. The van der Waals surface area contributed by atoms with Gasteiger partial charge in [0.25, 0.3) is 0 Å². The number of carbonyl (C=O) groups is 3. The van der Waals surface area contributed by atoms with Gasteiger partial charge in [-0.15, -0.1) is 0 Å². The molecule has 2 bridgehead atoms. The van der Waals surface area contributed by atoms with Crippen molar-refractivity contribution in [1.82, 2.24) is 4.90 Å². The molecule has 3 aliphatic rings. The van der Waals surface area contributed by atoms with Crippen LogP contribution in [0.5, 0.6) is 0 Å². The number of carbonyl (C=O) groups excluding carboxylic acids is 3. The summed E-state index contributed by atoms with van der Waals surface area (Å²) in [6.45, 7) is 0. The van der Waals surface area contributed by atoms with E-state index in [-0.39, 0.29) is 17.1 Å². The normalized spacial score (nSPS) is 21.8. The van der Waals surface area contributed by atoms with E-state index in [0.717, 1.165) is 5.56 Å². The van der Waals surface area contributed by atoms with Crippen molar-refractivity contribution in [2.45, 2.75) is 6.04 Å². The molecule has 1 aromatic carbocycles. The predicted molar refractivity (Wildman–Crippen MR) is 89.8 cm³/mol. The van der Waals surface area contributed by atoms with Gasteiger partial charge in [-0.1, -0.05) is 42.5 Å². The molecule has 2 atom stereocenters. The fraction of sp³-hybridized carbons (Fsp3) is 0.211. The van der Waals surface area contributed by atoms with Crippen LogP contribution in [0, 0.1) is 5.92 Å². The van der Waals surface area contributed by atoms with Crippen molar-refractivity contribution in [2.75, 3.05) is 14.2 Å². The molecule has 6 nitrogen and oxygen atoms in total. The fourth-order valence-electron chi connectivity index (χ4n) is 3.06. The second kappa shape index (κ2) is 6.76. The van der Waals surface area contributed by atoms with Crippen molar-refractivity contribution < 1.29 is 23.9 Å². The maximum Gasteiger partial charge on any atom is 0.336 e. The number of esters is 2. The molecule has 1 aromatic rings. The van der Waals surface area contributed by atoms with Gasteiger partial charge in [-0.25, -0.2) is 9.59 Å². The second-order valence-corrected chi connectivity index (χ2v) is 5.59. The highest BCUT2D eigenvalue weighted by atomic mass is 16.5. The van der Waals surface area contributed by atoms with Crippen LogP contribution in [-0.4, -0.2) is 43.0 Å². The van der Waals surface area contributed by atoms with Crippen molar-refractivity contribution in [2.24, 2.45) is 5.92 Å². The smallest absolute Gasteiger partial charge is 0.336 e. The van der Waals surface area contributed by atoms with E-state index in [1.165, 1.54) is 19.1 Å². The number of nitrogens with zero attached hydrogens (tertiary/aromatic N) is 1. The average molecular weight is 339 g/mol. The van der Waals surface area contributed by atoms with Gasteiger partial charge in [0.2, 0.25) is 5.91 Å². The largest absolute Gasteiger partial charge is 0.466 e. The van der Waals surface area contributed by atoms with Crippen LogP contribution in [0.4, 0.5) is 0 Å². The standard InChI is InChI=1S/C19H17NO5/c1-24-18(22)15-13-8-9-14(16(15)19(23)25-2)20(17(13)21)11-10-12-6-4-3-5-7-12/h3-11,13-14H,1-2H3/b11-10+. The summed E-state index contributed by atoms with van der Waals surface area (Å²) in [5, 5.41) is 0. The molecule has 0 fully saturated rings. The van der Waals surface area contributed by atoms with Crippen molar-refractivity contribution in [1.29, 1.82) is 0 Å². The van der Waals surface area contributed by atoms with Gasteiger partial charge in [-0.05, 0) is 11.6 Å². The quantitative estimate of drug-likeness (QED) is 0.617. The Morgan fingerprint density at radius 2 is 1.64 bits per heavy atom. The lowest BCUT2D eigenvalue weighted by Crippen LogP contribution is -2.51. The maximum atomic E-state index is 12.7. The lowest BCUT2D eigenvalue weighted by Gasteiger charge is -2.40. The number of rotatable bonds is 4. The van der Waals surface area contributed by atoms with Crippen LogP contribution >= 0.6 is 0 Å². The first-order valence-electron chi connectivity index (χ1n) is 7.73. The number of hydrogen-bond acceptors (Lipinski definition) is 5. The van der Waals surface area contributed by atoms with E-state index in [2.05, 4.69) is 0 Å². The van der Waals surface area contributed by atoms with E-state index in [9.17, 15) is 14.4 Å². The van der Waals surface area contributed by atoms with E-state index in [4.69, 9.17) is 9.47 Å². The van der Waals surface area contributed by atoms with E-state index >= 15 is 0 Å². The van der Waals surface area contributed by atoms with Crippen molar-refractivity contribution in [3.8, 4) is 0 Å². The van der Waals surface area contributed by atoms with Crippen LogP contribution in [0.25, 0.3) is 6.08 Å². The summed E-state index contributed by atoms with van der Waals surface area (Å²) in [6, 6.07) is 8.78. The number of amides is 1. The zero-order valence-corrected chi connectivity index (χ0v) is 13.8. The van der Waals surface area contributed by atoms with Crippen molar-refractivity contribution in [3.05, 3.63) is 65.4 Å². The molecule has 1 aliphatic carbocycles. The van der Waals surface area contributed by atoms with Gasteiger partial charge < -0.3 is 14.4 Å². The van der Waals surface area contributed by atoms with Crippen LogP contribution in [-0.2, 0) is 23.9 Å². The first kappa shape index (κ1) is 16.7. The summed E-state index contributed by atoms with van der Waals surface area (Å²) in [5.74, 6) is -2.48. The van der Waals surface area contributed by atoms with Gasteiger partial charge in [0.05, 0.1) is 37.3 Å². The molecule has 1 amide bonds. The van der Waals surface area contributed by atoms with Crippen LogP contribution in [0.15, 0.2) is 59.8 Å². The molecule has 2 unspecified atom stereocenters. The molecule has 0 saturated carbocycles. The SMILES string of the molecule is COC(=O)C1=C(C(=O)OC)C2C=CC1C(=O)N2/C=C/c1ccccc1. The first-order valence-corrected chi connectivity index (χ1v) is 7.73. The molecule has 6 heteroatoms. The second-order valence-electron chi connectivity index (χ2n) is 5.59. The van der Waals surface area contributed by atoms with E-state index in [1.807, 2.05) is 30.3 Å². The third-order valence-electron chi connectivity index (χ3n) is 4.24. The molecule has 0 N–H and O–H groups in total. The van der Waals surface area contributed by atoms with Gasteiger partial charge in [-0.3, -0.25) is 4.79 Å². The summed E-state index contributed by atoms with van der Waals surface area (Å²) < 4.78 is 9.57. The number of methoxy groups -OCH3 is 2. The highest BCUT2D eigenvalue weighted by Crippen LogP contribution is 2.37. The molecule has 128 valence electrons. The Kier molecular flexibility index (Phi) is 4.52. The minimum atomic E-state index is -0.855. The molecule has 0 aromatic heterocycles. The fourth-order valence-corrected chi connectivity index (χ4v) is 3.06. The number of fused-ring (bicyclic) bond motifs is 1. The summed E-state index contributed by atoms with van der Waals surface area (Å²) in [6.07, 6.45) is 6.74. The minimum absolute atomic E-state index is 0.0520. The van der Waals surface area contributed by atoms with Crippen molar-refractivity contribution >= 4 is 23.9 Å². The molecule has 0 radical (unpaired) electrons. The van der Waals surface area contributed by atoms with Crippen LogP contribution in [0.1, 0.15) is 5.56 Å². The van der Waals surface area contributed by atoms with Gasteiger partial charge in [0, 0.05) is 6.20 Å². The molecule has 0 spiro atoms. The number of benzene rings is 1. The first-order chi connectivity index (χ1) is 12.1. The molecule has 25 heavy (non-hydrogen) atoms. The summed E-state index contributed by atoms with van der Waals surface area (Å²) in [5.41, 5.74) is 1.10. The Morgan fingerprint density at radius 3 is 2.28 bits per heavy atom. The molecular formula is C19H17NO5. The zero-order chi connectivity index (χ0) is 18.0. The maximum absolute atomic E-state index is 12.7. The van der Waals surface area contributed by atoms with E-state index in [0.29, 0.717) is 0 Å². The van der Waals surface area contributed by atoms with Gasteiger partial charge >= 0.3 is 11.9 Å². The highest BCUT2D eigenvalue weighted by Gasteiger charge is 2.47. The molecule has 2 heterocycles. The molecule has 4 rings (SSSR count). The Bertz CT molecular complexity index is 806. The molecular weight excluding hydrogens is 322 g/mol. The Balaban J connectivity index is 2.02. The van der Waals surface area contributed by atoms with Crippen LogP contribution < -0.4 is 0 Å². The highest BCUT2D eigenvalue weighted by molar-refractivity contribution is 6.09. The summed E-state index contributed by atoms with van der Waals surface area (Å²) >= 11 is 0. The van der Waals surface area contributed by atoms with Crippen LogP contribution in [0.2, 0.25) is 0 Å². The van der Waals surface area contributed by atoms with E-state index < -0.39 is 23.9 Å². The Morgan fingerprint density at radius 1 is 1.00 bits per heavy atom. The van der Waals surface area contributed by atoms with Crippen LogP contribution in [0.3, 0.4) is 0 Å². The van der Waals surface area contributed by atoms with Gasteiger partial charge in [0.15, 0.2) is 0 Å². The Hall–Kier alpha value is -3.15. The van der Waals surface area contributed by atoms with Gasteiger partial charge in [-0.2, -0.15) is 0 Å². The van der Waals surface area contributed by atoms with E-state index in [1.54, 1.807) is 24.4 Å². The topological polar surface area (TPSA) is 72.9 Å². The number of hydrogen-bond donors (Lipinski definition) is 0. The Labute approximate surface area is 145 Å². The predicted octanol–water partition coefficient (Wildman–Crippen LogP) is 1.70.